The summed E-state index contributed by atoms with van der Waals surface area (Å²) in [6, 6.07) is 33.1. The number of unbranched alkanes of at least 4 members (excludes halogenated alkanes) is 1. The second-order valence-electron chi connectivity index (χ2n) is 10.7. The van der Waals surface area contributed by atoms with Crippen molar-refractivity contribution in [3.8, 4) is 11.5 Å². The number of carbonyl (C=O) groups excluding carboxylic acids is 2. The summed E-state index contributed by atoms with van der Waals surface area (Å²) in [6.07, 6.45) is 5.63. The van der Waals surface area contributed by atoms with Crippen LogP contribution in [-0.2, 0) is 40.5 Å². The maximum absolute atomic E-state index is 13.8. The molecule has 0 amide bonds. The number of ketones is 1. The average Bonchev–Trinajstić information content (AvgIpc) is 3.06. The van der Waals surface area contributed by atoms with Crippen LogP contribution in [-0.4, -0.2) is 24.5 Å². The quantitative estimate of drug-likeness (QED) is 0.0490. The van der Waals surface area contributed by atoms with E-state index in [-0.39, 0.29) is 31.5 Å². The Morgan fingerprint density at radius 2 is 1.33 bits per heavy atom. The highest BCUT2D eigenvalue weighted by Gasteiger charge is 2.22. The van der Waals surface area contributed by atoms with E-state index in [0.29, 0.717) is 48.7 Å². The van der Waals surface area contributed by atoms with Crippen molar-refractivity contribution >= 4 is 11.8 Å². The third-order valence-electron chi connectivity index (χ3n) is 7.10. The summed E-state index contributed by atoms with van der Waals surface area (Å²) in [6.45, 7) is 5.17. The monoisotopic (exact) mass is 606 g/mol. The molecule has 45 heavy (non-hydrogen) atoms. The van der Waals surface area contributed by atoms with E-state index in [1.165, 1.54) is 0 Å². The predicted octanol–water partition coefficient (Wildman–Crippen LogP) is 8.46. The first kappa shape index (κ1) is 33.2. The van der Waals surface area contributed by atoms with Gasteiger partial charge in [-0.05, 0) is 55.0 Å². The highest BCUT2D eigenvalue weighted by atomic mass is 16.5. The first-order valence-electron chi connectivity index (χ1n) is 15.5. The Bertz CT molecular complexity index is 1500. The molecule has 0 aliphatic rings. The van der Waals surface area contributed by atoms with Crippen LogP contribution in [0.2, 0.25) is 0 Å². The summed E-state index contributed by atoms with van der Waals surface area (Å²) in [5, 5.41) is 0. The summed E-state index contributed by atoms with van der Waals surface area (Å²) in [5.74, 6) is 0.416. The number of hydrogen-bond acceptors (Lipinski definition) is 6. The van der Waals surface area contributed by atoms with Gasteiger partial charge in [0.15, 0.2) is 5.78 Å². The Morgan fingerprint density at radius 1 is 0.756 bits per heavy atom. The molecule has 0 fully saturated rings. The van der Waals surface area contributed by atoms with Crippen LogP contribution in [0.5, 0.6) is 11.5 Å². The van der Waals surface area contributed by atoms with Crippen molar-refractivity contribution in [3.05, 3.63) is 143 Å². The van der Waals surface area contributed by atoms with Crippen LogP contribution >= 0.6 is 0 Å². The van der Waals surface area contributed by atoms with E-state index >= 15 is 0 Å². The maximum atomic E-state index is 13.8. The van der Waals surface area contributed by atoms with E-state index in [9.17, 15) is 9.59 Å². The van der Waals surface area contributed by atoms with E-state index < -0.39 is 5.97 Å². The molecule has 0 N–H and O–H groups in total. The minimum absolute atomic E-state index is 0.0430. The Hall–Kier alpha value is -4.68. The molecule has 0 aliphatic heterocycles. The molecular formula is C39H42O6. The van der Waals surface area contributed by atoms with Gasteiger partial charge in [0.25, 0.3) is 0 Å². The molecule has 234 valence electrons. The van der Waals surface area contributed by atoms with Gasteiger partial charge in [0.1, 0.15) is 24.7 Å². The number of ether oxygens (including phenoxy) is 4. The van der Waals surface area contributed by atoms with Crippen LogP contribution in [0.25, 0.3) is 0 Å². The Balaban J connectivity index is 1.48. The lowest BCUT2D eigenvalue weighted by Crippen LogP contribution is -2.14. The van der Waals surface area contributed by atoms with Gasteiger partial charge in [-0.1, -0.05) is 103 Å². The highest BCUT2D eigenvalue weighted by molar-refractivity contribution is 6.01. The molecule has 0 unspecified atom stereocenters. The zero-order valence-corrected chi connectivity index (χ0v) is 26.2. The number of allylic oxidation sites excluding steroid dienone is 1. The van der Waals surface area contributed by atoms with Gasteiger partial charge < -0.3 is 18.9 Å². The van der Waals surface area contributed by atoms with Crippen LogP contribution < -0.4 is 9.47 Å². The van der Waals surface area contributed by atoms with Gasteiger partial charge in [0, 0.05) is 12.5 Å². The molecule has 6 nitrogen and oxygen atoms in total. The van der Waals surface area contributed by atoms with Crippen LogP contribution in [0.4, 0.5) is 0 Å². The topological polar surface area (TPSA) is 71.1 Å². The van der Waals surface area contributed by atoms with Crippen molar-refractivity contribution in [2.75, 3.05) is 6.61 Å². The molecule has 4 aromatic rings. The minimum Gasteiger partial charge on any atom is -0.489 e. The van der Waals surface area contributed by atoms with Crippen LogP contribution in [0.15, 0.2) is 115 Å². The number of benzene rings is 4. The number of hydrogen-bond donors (Lipinski definition) is 0. The standard InChI is InChI=1S/C39H42O6/c1-3-42-38(41)25-34-24-35(44-28-32-19-11-6-12-20-32)26-37(45-29-33-21-13-7-14-22-33)39(34)36(40)23-15-4-8-16-30(2)43-27-31-17-9-5-10-18-31/h5-14,16-22,24,26,30H,3-4,15,23,25,27-29H2,1-2H3/b16-8+/t30-/m0/s1. The first-order valence-corrected chi connectivity index (χ1v) is 15.5. The molecule has 4 aromatic carbocycles. The van der Waals surface area contributed by atoms with Gasteiger partial charge in [-0.25, -0.2) is 0 Å². The lowest BCUT2D eigenvalue weighted by molar-refractivity contribution is -0.142. The molecule has 0 bridgehead atoms. The predicted molar refractivity (Wildman–Crippen MR) is 176 cm³/mol. The summed E-state index contributed by atoms with van der Waals surface area (Å²) in [7, 11) is 0. The van der Waals surface area contributed by atoms with Crippen LogP contribution in [0, 0.1) is 0 Å². The average molecular weight is 607 g/mol. The van der Waals surface area contributed by atoms with Crippen molar-refractivity contribution in [2.45, 2.75) is 65.5 Å². The van der Waals surface area contributed by atoms with Crippen molar-refractivity contribution in [1.82, 2.24) is 0 Å². The van der Waals surface area contributed by atoms with Gasteiger partial charge in [-0.3, -0.25) is 9.59 Å². The smallest absolute Gasteiger partial charge is 0.310 e. The largest absolute Gasteiger partial charge is 0.489 e. The van der Waals surface area contributed by atoms with Crippen molar-refractivity contribution < 1.29 is 28.5 Å². The Kier molecular flexibility index (Phi) is 13.4. The van der Waals surface area contributed by atoms with Gasteiger partial charge in [0.05, 0.1) is 31.3 Å². The highest BCUT2D eigenvalue weighted by Crippen LogP contribution is 2.32. The zero-order valence-electron chi connectivity index (χ0n) is 26.2. The minimum atomic E-state index is -0.409. The van der Waals surface area contributed by atoms with E-state index in [1.807, 2.05) is 104 Å². The Morgan fingerprint density at radius 3 is 1.93 bits per heavy atom. The van der Waals surface area contributed by atoms with E-state index in [0.717, 1.165) is 23.1 Å². The third kappa shape index (κ3) is 11.4. The summed E-state index contributed by atoms with van der Waals surface area (Å²) >= 11 is 0. The van der Waals surface area contributed by atoms with Gasteiger partial charge in [-0.2, -0.15) is 0 Å². The third-order valence-corrected chi connectivity index (χ3v) is 7.10. The SMILES string of the molecule is CCOC(=O)Cc1cc(OCc2ccccc2)cc(OCc2ccccc2)c1C(=O)CCC/C=C/[C@H](C)OCc1ccccc1. The molecular weight excluding hydrogens is 564 g/mol. The fraction of sp³-hybridized carbons (Fsp3) is 0.282. The maximum Gasteiger partial charge on any atom is 0.310 e. The number of rotatable bonds is 18. The Labute approximate surface area is 266 Å². The second-order valence-corrected chi connectivity index (χ2v) is 10.7. The normalized spacial score (nSPS) is 11.7. The number of esters is 1. The fourth-order valence-electron chi connectivity index (χ4n) is 4.79. The fourth-order valence-corrected chi connectivity index (χ4v) is 4.79. The van der Waals surface area contributed by atoms with E-state index in [2.05, 4.69) is 6.08 Å². The lowest BCUT2D eigenvalue weighted by atomic mass is 9.96. The lowest BCUT2D eigenvalue weighted by Gasteiger charge is -2.18. The molecule has 0 heterocycles. The molecule has 0 saturated heterocycles. The second kappa shape index (κ2) is 18.2. The molecule has 1 atom stereocenters. The number of Topliss-reactive ketones (excluding diaryl/α,β-unsaturated/α-hetero) is 1. The molecule has 0 radical (unpaired) electrons. The van der Waals surface area contributed by atoms with Gasteiger partial charge in [0.2, 0.25) is 0 Å². The molecule has 6 heteroatoms. The molecule has 0 saturated carbocycles. The van der Waals surface area contributed by atoms with Gasteiger partial charge >= 0.3 is 5.97 Å². The van der Waals surface area contributed by atoms with Crippen molar-refractivity contribution in [3.63, 3.8) is 0 Å². The van der Waals surface area contributed by atoms with E-state index in [4.69, 9.17) is 18.9 Å². The zero-order chi connectivity index (χ0) is 31.7. The van der Waals surface area contributed by atoms with Crippen molar-refractivity contribution in [2.24, 2.45) is 0 Å². The van der Waals surface area contributed by atoms with Crippen LogP contribution in [0.3, 0.4) is 0 Å². The molecule has 0 aliphatic carbocycles. The summed E-state index contributed by atoms with van der Waals surface area (Å²) in [5.41, 5.74) is 4.03. The molecule has 0 aromatic heterocycles. The van der Waals surface area contributed by atoms with Crippen molar-refractivity contribution in [1.29, 1.82) is 0 Å². The first-order chi connectivity index (χ1) is 22.0. The van der Waals surface area contributed by atoms with Gasteiger partial charge in [-0.15, -0.1) is 0 Å². The molecule has 4 rings (SSSR count). The van der Waals surface area contributed by atoms with E-state index in [1.54, 1.807) is 19.1 Å². The number of carbonyl (C=O) groups is 2. The molecule has 0 spiro atoms. The summed E-state index contributed by atoms with van der Waals surface area (Å²) < 4.78 is 23.5. The van der Waals surface area contributed by atoms with Crippen LogP contribution in [0.1, 0.15) is 65.7 Å². The summed E-state index contributed by atoms with van der Waals surface area (Å²) in [4.78, 5) is 26.4.